The first kappa shape index (κ1) is 9.35. The number of amides is 1. The molecule has 12 heavy (non-hydrogen) atoms. The lowest BCUT2D eigenvalue weighted by Gasteiger charge is -2.02. The van der Waals surface area contributed by atoms with Gasteiger partial charge in [-0.25, -0.2) is 0 Å². The normalized spacial score (nSPS) is 9.83. The van der Waals surface area contributed by atoms with Gasteiger partial charge in [-0.2, -0.15) is 0 Å². The third-order valence-corrected chi connectivity index (χ3v) is 2.26. The number of aromatic hydroxyl groups is 1. The molecule has 1 amide bonds. The topological polar surface area (TPSA) is 63.3 Å². The van der Waals surface area contributed by atoms with Gasteiger partial charge in [0.2, 0.25) is 5.91 Å². The van der Waals surface area contributed by atoms with E-state index >= 15 is 0 Å². The Morgan fingerprint density at radius 3 is 2.67 bits per heavy atom. The Bertz CT molecular complexity index is 340. The summed E-state index contributed by atoms with van der Waals surface area (Å²) in [6.07, 6.45) is 0. The molecule has 5 heteroatoms. The van der Waals surface area contributed by atoms with Gasteiger partial charge in [0.15, 0.2) is 0 Å². The molecule has 0 atom stereocenters. The summed E-state index contributed by atoms with van der Waals surface area (Å²) in [5.41, 5.74) is 5.22. The van der Waals surface area contributed by atoms with Crippen molar-refractivity contribution in [2.24, 2.45) is 5.73 Å². The Hall–Kier alpha value is -0.740. The van der Waals surface area contributed by atoms with Crippen molar-refractivity contribution < 1.29 is 9.90 Å². The van der Waals surface area contributed by atoms with Crippen LogP contribution in [0.5, 0.6) is 5.75 Å². The van der Waals surface area contributed by atoms with E-state index in [1.54, 1.807) is 0 Å². The lowest BCUT2D eigenvalue weighted by molar-refractivity contribution is 0.0999. The molecule has 3 N–H and O–H groups in total. The maximum absolute atomic E-state index is 10.7. The van der Waals surface area contributed by atoms with E-state index in [0.717, 1.165) is 0 Å². The van der Waals surface area contributed by atoms with Gasteiger partial charge in [-0.15, -0.1) is 0 Å². The van der Waals surface area contributed by atoms with E-state index in [4.69, 9.17) is 22.4 Å². The summed E-state index contributed by atoms with van der Waals surface area (Å²) >= 11 is 8.64. The van der Waals surface area contributed by atoms with Crippen molar-refractivity contribution in [3.8, 4) is 5.75 Å². The minimum Gasteiger partial charge on any atom is -0.506 e. The highest BCUT2D eigenvalue weighted by Crippen LogP contribution is 2.29. The molecule has 0 spiro atoms. The van der Waals surface area contributed by atoms with Gasteiger partial charge in [0, 0.05) is 4.47 Å². The van der Waals surface area contributed by atoms with Gasteiger partial charge < -0.3 is 10.8 Å². The molecule has 0 radical (unpaired) electrons. The highest BCUT2D eigenvalue weighted by molar-refractivity contribution is 9.10. The maximum Gasteiger partial charge on any atom is 0.249 e. The number of rotatable bonds is 1. The Morgan fingerprint density at radius 2 is 2.17 bits per heavy atom. The predicted molar refractivity (Wildman–Crippen MR) is 49.3 cm³/mol. The van der Waals surface area contributed by atoms with Crippen LogP contribution in [0.3, 0.4) is 0 Å². The second-order valence-electron chi connectivity index (χ2n) is 2.15. The molecule has 1 aromatic carbocycles. The minimum atomic E-state index is -0.617. The average Bonchev–Trinajstić information content (AvgIpc) is 1.96. The van der Waals surface area contributed by atoms with Crippen LogP contribution in [0.2, 0.25) is 5.02 Å². The van der Waals surface area contributed by atoms with E-state index in [0.29, 0.717) is 4.47 Å². The summed E-state index contributed by atoms with van der Waals surface area (Å²) in [7, 11) is 0. The second-order valence-corrected chi connectivity index (χ2v) is 3.41. The van der Waals surface area contributed by atoms with Crippen LogP contribution in [0, 0.1) is 0 Å². The fourth-order valence-corrected chi connectivity index (χ4v) is 1.56. The summed E-state index contributed by atoms with van der Waals surface area (Å²) in [6.45, 7) is 0. The molecule has 64 valence electrons. The summed E-state index contributed by atoms with van der Waals surface area (Å²) in [6, 6.07) is 2.63. The molecule has 0 fully saturated rings. The molecule has 0 bridgehead atoms. The SMILES string of the molecule is NC(=O)c1cc(O)c(Cl)cc1Br. The summed E-state index contributed by atoms with van der Waals surface area (Å²) < 4.78 is 0.470. The second kappa shape index (κ2) is 3.33. The van der Waals surface area contributed by atoms with Crippen molar-refractivity contribution in [1.82, 2.24) is 0 Å². The van der Waals surface area contributed by atoms with Crippen LogP contribution >= 0.6 is 27.5 Å². The average molecular weight is 250 g/mol. The molecule has 0 aliphatic rings. The van der Waals surface area contributed by atoms with E-state index in [9.17, 15) is 4.79 Å². The first-order valence-corrected chi connectivity index (χ1v) is 4.17. The summed E-state index contributed by atoms with van der Waals surface area (Å²) in [5.74, 6) is -0.775. The number of phenolic OH excluding ortho intramolecular Hbond substituents is 1. The number of carbonyl (C=O) groups is 1. The zero-order valence-electron chi connectivity index (χ0n) is 5.84. The van der Waals surface area contributed by atoms with Crippen LogP contribution in [0.15, 0.2) is 16.6 Å². The largest absolute Gasteiger partial charge is 0.506 e. The quantitative estimate of drug-likeness (QED) is 0.800. The van der Waals surface area contributed by atoms with Gasteiger partial charge in [0.25, 0.3) is 0 Å². The first-order chi connectivity index (χ1) is 5.52. The van der Waals surface area contributed by atoms with Gasteiger partial charge in [0.05, 0.1) is 10.6 Å². The number of primary amides is 1. The maximum atomic E-state index is 10.7. The standard InChI is InChI=1S/C7H5BrClNO2/c8-4-2-5(9)6(11)1-3(4)7(10)12/h1-2,11H,(H2,10,12). The van der Waals surface area contributed by atoms with Crippen LogP contribution in [0.1, 0.15) is 10.4 Å². The number of halogens is 2. The van der Waals surface area contributed by atoms with Crippen molar-refractivity contribution in [2.45, 2.75) is 0 Å². The van der Waals surface area contributed by atoms with E-state index < -0.39 is 5.91 Å². The molecule has 0 unspecified atom stereocenters. The Balaban J connectivity index is 3.33. The number of hydrogen-bond acceptors (Lipinski definition) is 2. The highest BCUT2D eigenvalue weighted by atomic mass is 79.9. The molecule has 0 saturated carbocycles. The van der Waals surface area contributed by atoms with Crippen LogP contribution in [0.4, 0.5) is 0 Å². The number of carbonyl (C=O) groups excluding carboxylic acids is 1. The van der Waals surface area contributed by atoms with E-state index in [-0.39, 0.29) is 16.3 Å². The van der Waals surface area contributed by atoms with Crippen LogP contribution in [-0.4, -0.2) is 11.0 Å². The zero-order chi connectivity index (χ0) is 9.30. The first-order valence-electron chi connectivity index (χ1n) is 3.00. The van der Waals surface area contributed by atoms with Crippen molar-refractivity contribution in [3.05, 3.63) is 27.2 Å². The van der Waals surface area contributed by atoms with Gasteiger partial charge in [-0.1, -0.05) is 11.6 Å². The molecule has 0 aliphatic heterocycles. The molecule has 0 aliphatic carbocycles. The number of nitrogens with two attached hydrogens (primary N) is 1. The van der Waals surface area contributed by atoms with Crippen molar-refractivity contribution >= 4 is 33.4 Å². The van der Waals surface area contributed by atoms with Crippen molar-refractivity contribution in [3.63, 3.8) is 0 Å². The summed E-state index contributed by atoms with van der Waals surface area (Å²) in [4.78, 5) is 10.7. The van der Waals surface area contributed by atoms with Crippen molar-refractivity contribution in [2.75, 3.05) is 0 Å². The highest BCUT2D eigenvalue weighted by Gasteiger charge is 2.09. The number of phenols is 1. The third kappa shape index (κ3) is 1.70. The number of benzene rings is 1. The zero-order valence-corrected chi connectivity index (χ0v) is 8.19. The molecule has 0 saturated heterocycles. The molecule has 3 nitrogen and oxygen atoms in total. The Morgan fingerprint density at radius 1 is 1.58 bits per heavy atom. The molecule has 1 rings (SSSR count). The fraction of sp³-hybridized carbons (Fsp3) is 0. The third-order valence-electron chi connectivity index (χ3n) is 1.30. The lowest BCUT2D eigenvalue weighted by Crippen LogP contribution is -2.11. The monoisotopic (exact) mass is 249 g/mol. The van der Waals surface area contributed by atoms with Crippen LogP contribution in [-0.2, 0) is 0 Å². The van der Waals surface area contributed by atoms with Crippen LogP contribution < -0.4 is 5.73 Å². The smallest absolute Gasteiger partial charge is 0.249 e. The molecule has 0 heterocycles. The van der Waals surface area contributed by atoms with E-state index in [1.165, 1.54) is 12.1 Å². The molecule has 1 aromatic rings. The Labute approximate surface area is 82.3 Å². The van der Waals surface area contributed by atoms with Gasteiger partial charge in [-0.3, -0.25) is 4.79 Å². The Kier molecular flexibility index (Phi) is 2.59. The fourth-order valence-electron chi connectivity index (χ4n) is 0.726. The lowest BCUT2D eigenvalue weighted by atomic mass is 10.2. The van der Waals surface area contributed by atoms with Gasteiger partial charge >= 0.3 is 0 Å². The van der Waals surface area contributed by atoms with Gasteiger partial charge in [-0.05, 0) is 28.1 Å². The molecular formula is C7H5BrClNO2. The summed E-state index contributed by atoms with van der Waals surface area (Å²) in [5, 5.41) is 9.29. The minimum absolute atomic E-state index is 0.159. The molecular weight excluding hydrogens is 245 g/mol. The number of hydrogen-bond donors (Lipinski definition) is 2. The van der Waals surface area contributed by atoms with E-state index in [1.807, 2.05) is 0 Å². The molecule has 0 aromatic heterocycles. The van der Waals surface area contributed by atoms with Crippen molar-refractivity contribution in [1.29, 1.82) is 0 Å². The van der Waals surface area contributed by atoms with Gasteiger partial charge in [0.1, 0.15) is 5.75 Å². The van der Waals surface area contributed by atoms with E-state index in [2.05, 4.69) is 15.9 Å². The van der Waals surface area contributed by atoms with Crippen LogP contribution in [0.25, 0.3) is 0 Å². The predicted octanol–water partition coefficient (Wildman–Crippen LogP) is 1.91.